The Balaban J connectivity index is 1.86. The third-order valence-corrected chi connectivity index (χ3v) is 5.04. The lowest BCUT2D eigenvalue weighted by Crippen LogP contribution is -2.57. The molecule has 20 heavy (non-hydrogen) atoms. The smallest absolute Gasteiger partial charge is 0.246 e. The summed E-state index contributed by atoms with van der Waals surface area (Å²) < 4.78 is 0. The summed E-state index contributed by atoms with van der Waals surface area (Å²) in [7, 11) is 0. The minimum absolute atomic E-state index is 0.155. The minimum Gasteiger partial charge on any atom is -0.343 e. The van der Waals surface area contributed by atoms with Gasteiger partial charge in [0.2, 0.25) is 11.9 Å². The molecule has 0 aromatic rings. The number of nitrogens with zero attached hydrogens (tertiary/aromatic N) is 3. The number of rotatable bonds is 0. The molecule has 1 atom stereocenters. The van der Waals surface area contributed by atoms with E-state index in [0.717, 1.165) is 63.5 Å². The number of piperidine rings is 1. The fraction of sp³-hybridized carbons (Fsp3) is 0.800. The zero-order valence-electron chi connectivity index (χ0n) is 12.1. The van der Waals surface area contributed by atoms with Gasteiger partial charge in [0.1, 0.15) is 0 Å². The highest BCUT2D eigenvalue weighted by Gasteiger charge is 2.49. The third kappa shape index (κ3) is 2.17. The monoisotopic (exact) mass is 274 g/mol. The number of hydrogen-bond acceptors (Lipinski definition) is 4. The van der Waals surface area contributed by atoms with Gasteiger partial charge < -0.3 is 4.90 Å². The number of hydrogen-bond donors (Lipinski definition) is 1. The normalized spacial score (nSPS) is 30.0. The Morgan fingerprint density at radius 1 is 1.35 bits per heavy atom. The van der Waals surface area contributed by atoms with Gasteiger partial charge in [-0.2, -0.15) is 5.26 Å². The zero-order valence-corrected chi connectivity index (χ0v) is 12.1. The summed E-state index contributed by atoms with van der Waals surface area (Å²) in [5, 5.41) is 12.2. The topological polar surface area (TPSA) is 68.5 Å². The Bertz CT molecular complexity index is 465. The Kier molecular flexibility index (Phi) is 3.41. The average Bonchev–Trinajstić information content (AvgIpc) is 2.88. The van der Waals surface area contributed by atoms with Gasteiger partial charge in [0.05, 0.1) is 11.6 Å². The molecule has 2 aliphatic heterocycles. The van der Waals surface area contributed by atoms with E-state index in [-0.39, 0.29) is 5.91 Å². The van der Waals surface area contributed by atoms with E-state index in [0.29, 0.717) is 0 Å². The van der Waals surface area contributed by atoms with Crippen molar-refractivity contribution in [3.63, 3.8) is 0 Å². The Morgan fingerprint density at radius 3 is 2.60 bits per heavy atom. The predicted octanol–water partition coefficient (Wildman–Crippen LogP) is 1.66. The molecule has 2 heterocycles. The van der Waals surface area contributed by atoms with Crippen molar-refractivity contribution in [3.05, 3.63) is 0 Å². The molecule has 1 spiro atoms. The van der Waals surface area contributed by atoms with Crippen molar-refractivity contribution in [3.8, 4) is 6.07 Å². The molecule has 1 amide bonds. The number of nitrogens with one attached hydrogen (secondary N) is 1. The fourth-order valence-electron chi connectivity index (χ4n) is 3.67. The number of likely N-dealkylation sites (tertiary alicyclic amines) is 1. The molecule has 3 rings (SSSR count). The lowest BCUT2D eigenvalue weighted by molar-refractivity contribution is -0.124. The maximum atomic E-state index is 12.3. The van der Waals surface area contributed by atoms with Crippen LogP contribution in [0.4, 0.5) is 0 Å². The van der Waals surface area contributed by atoms with Gasteiger partial charge >= 0.3 is 0 Å². The van der Waals surface area contributed by atoms with Gasteiger partial charge in [0, 0.05) is 13.1 Å². The summed E-state index contributed by atoms with van der Waals surface area (Å²) >= 11 is 0. The third-order valence-electron chi connectivity index (χ3n) is 5.04. The second-order valence-electron chi connectivity index (χ2n) is 6.47. The Hall–Kier alpha value is -1.57. The van der Waals surface area contributed by atoms with E-state index in [4.69, 9.17) is 4.99 Å². The number of amides is 1. The van der Waals surface area contributed by atoms with Gasteiger partial charge in [-0.25, -0.2) is 4.99 Å². The van der Waals surface area contributed by atoms with Crippen molar-refractivity contribution in [2.75, 3.05) is 13.1 Å². The minimum atomic E-state index is -0.613. The quantitative estimate of drug-likeness (QED) is 0.730. The Morgan fingerprint density at radius 2 is 2.00 bits per heavy atom. The predicted molar refractivity (Wildman–Crippen MR) is 75.9 cm³/mol. The van der Waals surface area contributed by atoms with Gasteiger partial charge in [0.25, 0.3) is 0 Å². The highest BCUT2D eigenvalue weighted by Crippen LogP contribution is 2.41. The van der Waals surface area contributed by atoms with Crippen LogP contribution in [0.3, 0.4) is 0 Å². The number of nitriles is 1. The molecule has 0 radical (unpaired) electrons. The van der Waals surface area contributed by atoms with Crippen LogP contribution in [-0.4, -0.2) is 35.4 Å². The summed E-state index contributed by atoms with van der Waals surface area (Å²) in [6.45, 7) is 4.17. The molecule has 0 aromatic heterocycles. The summed E-state index contributed by atoms with van der Waals surface area (Å²) in [5.41, 5.74) is -0.449. The maximum Gasteiger partial charge on any atom is 0.246 e. The summed E-state index contributed by atoms with van der Waals surface area (Å²) in [6, 6.07) is 2.18. The largest absolute Gasteiger partial charge is 0.343 e. The van der Waals surface area contributed by atoms with E-state index < -0.39 is 11.5 Å². The molecule has 2 fully saturated rings. The van der Waals surface area contributed by atoms with E-state index >= 15 is 0 Å². The first-order valence-corrected chi connectivity index (χ1v) is 7.70. The molecular weight excluding hydrogens is 252 g/mol. The van der Waals surface area contributed by atoms with E-state index in [1.165, 1.54) is 0 Å². The molecule has 0 bridgehead atoms. The van der Waals surface area contributed by atoms with Gasteiger partial charge in [-0.3, -0.25) is 10.1 Å². The van der Waals surface area contributed by atoms with Crippen molar-refractivity contribution < 1.29 is 4.79 Å². The fourth-order valence-corrected chi connectivity index (χ4v) is 3.67. The van der Waals surface area contributed by atoms with Crippen LogP contribution >= 0.6 is 0 Å². The molecule has 1 saturated heterocycles. The second-order valence-corrected chi connectivity index (χ2v) is 6.47. The number of carbonyl (C=O) groups excluding carboxylic acids is 1. The van der Waals surface area contributed by atoms with Crippen LogP contribution in [0.5, 0.6) is 0 Å². The molecular formula is C15H22N4O. The van der Waals surface area contributed by atoms with Crippen molar-refractivity contribution in [1.29, 1.82) is 5.26 Å². The molecule has 108 valence electrons. The lowest BCUT2D eigenvalue weighted by atomic mass is 9.82. The maximum absolute atomic E-state index is 12.3. The van der Waals surface area contributed by atoms with Crippen LogP contribution in [0.2, 0.25) is 0 Å². The summed E-state index contributed by atoms with van der Waals surface area (Å²) in [6.07, 6.45) is 6.16. The van der Waals surface area contributed by atoms with E-state index in [9.17, 15) is 10.1 Å². The first-order chi connectivity index (χ1) is 9.64. The van der Waals surface area contributed by atoms with Crippen LogP contribution < -0.4 is 5.32 Å². The molecule has 1 saturated carbocycles. The van der Waals surface area contributed by atoms with Crippen molar-refractivity contribution in [2.45, 2.75) is 51.0 Å². The van der Waals surface area contributed by atoms with Crippen LogP contribution in [-0.2, 0) is 4.79 Å². The van der Waals surface area contributed by atoms with E-state index in [2.05, 4.69) is 23.2 Å². The summed E-state index contributed by atoms with van der Waals surface area (Å²) in [4.78, 5) is 19.3. The second kappa shape index (κ2) is 5.08. The molecule has 1 N–H and O–H groups in total. The van der Waals surface area contributed by atoms with Crippen molar-refractivity contribution in [2.24, 2.45) is 16.8 Å². The lowest BCUT2D eigenvalue weighted by Gasteiger charge is -2.39. The molecule has 0 aromatic carbocycles. The number of aliphatic imine (C=N–C) groups is 1. The van der Waals surface area contributed by atoms with Crippen LogP contribution in [0.1, 0.15) is 45.4 Å². The number of carbonyl (C=O) groups is 1. The van der Waals surface area contributed by atoms with Gasteiger partial charge in [0.15, 0.2) is 5.92 Å². The van der Waals surface area contributed by atoms with Gasteiger partial charge in [-0.1, -0.05) is 19.8 Å². The van der Waals surface area contributed by atoms with Gasteiger partial charge in [-0.05, 0) is 31.6 Å². The first kappa shape index (κ1) is 13.4. The first-order valence-electron chi connectivity index (χ1n) is 7.70. The van der Waals surface area contributed by atoms with E-state index in [1.807, 2.05) is 0 Å². The van der Waals surface area contributed by atoms with Crippen LogP contribution in [0.25, 0.3) is 0 Å². The molecule has 0 unspecified atom stereocenters. The summed E-state index contributed by atoms with van der Waals surface area (Å²) in [5.74, 6) is 0.698. The van der Waals surface area contributed by atoms with Crippen LogP contribution in [0, 0.1) is 23.2 Å². The van der Waals surface area contributed by atoms with Crippen molar-refractivity contribution in [1.82, 2.24) is 10.2 Å². The highest BCUT2D eigenvalue weighted by molar-refractivity contribution is 6.02. The molecule has 5 nitrogen and oxygen atoms in total. The molecule has 5 heteroatoms. The standard InChI is InChI=1S/C15H22N4O/c1-11-4-8-19(9-5-11)14-17-13(20)12(10-16)15(18-14)6-2-3-7-15/h11-12H,2-9H2,1H3,(H,17,18,20)/t12-/m0/s1. The molecule has 3 aliphatic rings. The highest BCUT2D eigenvalue weighted by atomic mass is 16.2. The Labute approximate surface area is 120 Å². The molecule has 1 aliphatic carbocycles. The van der Waals surface area contributed by atoms with E-state index in [1.54, 1.807) is 0 Å². The average molecular weight is 274 g/mol. The van der Waals surface area contributed by atoms with Crippen LogP contribution in [0.15, 0.2) is 4.99 Å². The number of guanidine groups is 1. The SMILES string of the molecule is CC1CCN(C2=NC3(CCCC3)[C@@H](C#N)C(=O)N2)CC1. The van der Waals surface area contributed by atoms with Gasteiger partial charge in [-0.15, -0.1) is 0 Å². The zero-order chi connectivity index (χ0) is 14.2. The van der Waals surface area contributed by atoms with Crippen molar-refractivity contribution >= 4 is 11.9 Å².